The van der Waals surface area contributed by atoms with Crippen LogP contribution in [0.2, 0.25) is 10.0 Å². The van der Waals surface area contributed by atoms with Gasteiger partial charge in [0.2, 0.25) is 10.0 Å². The molecule has 1 atom stereocenters. The van der Waals surface area contributed by atoms with Gasteiger partial charge in [-0.3, -0.25) is 0 Å². The van der Waals surface area contributed by atoms with Crippen LogP contribution in [0.4, 0.5) is 0 Å². The molecule has 0 saturated carbocycles. The quantitative estimate of drug-likeness (QED) is 0.882. The maximum absolute atomic E-state index is 12.4. The smallest absolute Gasteiger partial charge is 0.244 e. The molecular formula is C12H13Cl2N3O2S. The molecule has 2 rings (SSSR count). The second-order valence-corrected chi connectivity index (χ2v) is 6.57. The molecule has 0 fully saturated rings. The summed E-state index contributed by atoms with van der Waals surface area (Å²) in [6, 6.07) is 4.08. The van der Waals surface area contributed by atoms with Crippen LogP contribution in [0.3, 0.4) is 0 Å². The Morgan fingerprint density at radius 1 is 1.35 bits per heavy atom. The molecular weight excluding hydrogens is 321 g/mol. The summed E-state index contributed by atoms with van der Waals surface area (Å²) in [5.41, 5.74) is 0. The number of aromatic amines is 1. The van der Waals surface area contributed by atoms with Gasteiger partial charge in [0.25, 0.3) is 0 Å². The van der Waals surface area contributed by atoms with E-state index in [-0.39, 0.29) is 14.9 Å². The number of nitrogens with one attached hydrogen (secondary N) is 2. The fraction of sp³-hybridized carbons (Fsp3) is 0.250. The fourth-order valence-corrected chi connectivity index (χ4v) is 4.21. The molecule has 20 heavy (non-hydrogen) atoms. The second-order valence-electron chi connectivity index (χ2n) is 4.11. The first-order valence-electron chi connectivity index (χ1n) is 5.91. The lowest BCUT2D eigenvalue weighted by Gasteiger charge is -2.16. The van der Waals surface area contributed by atoms with Crippen molar-refractivity contribution < 1.29 is 8.42 Å². The third-order valence-corrected chi connectivity index (χ3v) is 5.17. The van der Waals surface area contributed by atoms with E-state index in [0.29, 0.717) is 12.2 Å². The molecule has 0 bridgehead atoms. The Morgan fingerprint density at radius 3 is 2.50 bits per heavy atom. The second kappa shape index (κ2) is 6.13. The number of aromatic nitrogens is 2. The molecule has 5 nitrogen and oxygen atoms in total. The summed E-state index contributed by atoms with van der Waals surface area (Å²) in [6.07, 6.45) is 3.73. The van der Waals surface area contributed by atoms with Crippen LogP contribution in [0.15, 0.2) is 35.5 Å². The molecule has 2 N–H and O–H groups in total. The van der Waals surface area contributed by atoms with Gasteiger partial charge < -0.3 is 4.98 Å². The Kier molecular flexibility index (Phi) is 4.70. The summed E-state index contributed by atoms with van der Waals surface area (Å²) in [5.74, 6) is 0.541. The molecule has 8 heteroatoms. The van der Waals surface area contributed by atoms with Crippen molar-refractivity contribution in [1.82, 2.24) is 14.7 Å². The highest BCUT2D eigenvalue weighted by Gasteiger charge is 2.26. The van der Waals surface area contributed by atoms with Crippen LogP contribution in [0.1, 0.15) is 25.2 Å². The first-order chi connectivity index (χ1) is 9.45. The maximum atomic E-state index is 12.4. The van der Waals surface area contributed by atoms with Gasteiger partial charge in [-0.1, -0.05) is 36.2 Å². The van der Waals surface area contributed by atoms with Crippen LogP contribution < -0.4 is 4.72 Å². The van der Waals surface area contributed by atoms with Crippen molar-refractivity contribution in [3.05, 3.63) is 46.5 Å². The van der Waals surface area contributed by atoms with Crippen LogP contribution in [0, 0.1) is 0 Å². The van der Waals surface area contributed by atoms with E-state index in [1.54, 1.807) is 18.5 Å². The molecule has 0 saturated heterocycles. The van der Waals surface area contributed by atoms with Gasteiger partial charge in [0.1, 0.15) is 10.7 Å². The molecule has 1 heterocycles. The van der Waals surface area contributed by atoms with Gasteiger partial charge in [0.15, 0.2) is 0 Å². The van der Waals surface area contributed by atoms with Crippen LogP contribution >= 0.6 is 23.2 Å². The Hall–Kier alpha value is -1.08. The van der Waals surface area contributed by atoms with E-state index < -0.39 is 16.1 Å². The summed E-state index contributed by atoms with van der Waals surface area (Å²) < 4.78 is 27.4. The predicted octanol–water partition coefficient (Wildman–Crippen LogP) is 3.15. The summed E-state index contributed by atoms with van der Waals surface area (Å²) in [4.78, 5) is 6.83. The number of sulfonamides is 1. The number of imidazole rings is 1. The molecule has 1 aromatic heterocycles. The predicted molar refractivity (Wildman–Crippen MR) is 78.4 cm³/mol. The fourth-order valence-electron chi connectivity index (χ4n) is 1.79. The zero-order chi connectivity index (χ0) is 14.8. The lowest BCUT2D eigenvalue weighted by atomic mass is 10.2. The lowest BCUT2D eigenvalue weighted by Crippen LogP contribution is -2.29. The number of rotatable bonds is 5. The van der Waals surface area contributed by atoms with Gasteiger partial charge in [0, 0.05) is 12.4 Å². The number of nitrogens with zero attached hydrogens (tertiary/aromatic N) is 1. The van der Waals surface area contributed by atoms with Crippen LogP contribution in [0.5, 0.6) is 0 Å². The Balaban J connectivity index is 2.36. The van der Waals surface area contributed by atoms with Crippen molar-refractivity contribution in [3.8, 4) is 0 Å². The zero-order valence-corrected chi connectivity index (χ0v) is 12.9. The molecule has 0 aliphatic heterocycles. The Bertz CT molecular complexity index is 666. The van der Waals surface area contributed by atoms with Gasteiger partial charge in [-0.05, 0) is 18.6 Å². The van der Waals surface area contributed by atoms with Crippen molar-refractivity contribution in [2.45, 2.75) is 24.3 Å². The van der Waals surface area contributed by atoms with E-state index in [1.807, 2.05) is 6.92 Å². The summed E-state index contributed by atoms with van der Waals surface area (Å²) in [5, 5.41) is 0.165. The van der Waals surface area contributed by atoms with Crippen molar-refractivity contribution in [1.29, 1.82) is 0 Å². The average Bonchev–Trinajstić information content (AvgIpc) is 2.89. The van der Waals surface area contributed by atoms with Crippen LogP contribution in [-0.4, -0.2) is 18.4 Å². The standard InChI is InChI=1S/C12H13Cl2N3O2S/c1-2-10(12-15-6-7-16-12)17-20(18,19)11-8(13)4-3-5-9(11)14/h3-7,10,17H,2H2,1H3,(H,15,16). The molecule has 0 amide bonds. The van der Waals surface area contributed by atoms with Gasteiger partial charge in [-0.15, -0.1) is 0 Å². The monoisotopic (exact) mass is 333 g/mol. The summed E-state index contributed by atoms with van der Waals surface area (Å²) >= 11 is 11.9. The number of halogens is 2. The molecule has 1 unspecified atom stereocenters. The highest BCUT2D eigenvalue weighted by molar-refractivity contribution is 7.89. The van der Waals surface area contributed by atoms with Crippen LogP contribution in [-0.2, 0) is 10.0 Å². The topological polar surface area (TPSA) is 74.8 Å². The first-order valence-corrected chi connectivity index (χ1v) is 8.15. The van der Waals surface area contributed by atoms with Crippen molar-refractivity contribution >= 4 is 33.2 Å². The number of hydrogen-bond donors (Lipinski definition) is 2. The Labute approximate surface area is 127 Å². The van der Waals surface area contributed by atoms with Gasteiger partial charge in [0.05, 0.1) is 16.1 Å². The normalized spacial score (nSPS) is 13.3. The molecule has 0 aliphatic rings. The van der Waals surface area contributed by atoms with E-state index in [4.69, 9.17) is 23.2 Å². The minimum absolute atomic E-state index is 0.0827. The molecule has 1 aromatic carbocycles. The SMILES string of the molecule is CCC(NS(=O)(=O)c1c(Cl)cccc1Cl)c1ncc[nH]1. The summed E-state index contributed by atoms with van der Waals surface area (Å²) in [6.45, 7) is 1.85. The highest BCUT2D eigenvalue weighted by Crippen LogP contribution is 2.30. The zero-order valence-electron chi connectivity index (χ0n) is 10.6. The lowest BCUT2D eigenvalue weighted by molar-refractivity contribution is 0.539. The van der Waals surface area contributed by atoms with E-state index in [9.17, 15) is 8.42 Å². The molecule has 0 aliphatic carbocycles. The molecule has 0 spiro atoms. The summed E-state index contributed by atoms with van der Waals surface area (Å²) in [7, 11) is -3.83. The highest BCUT2D eigenvalue weighted by atomic mass is 35.5. The first kappa shape index (κ1) is 15.3. The number of benzene rings is 1. The van der Waals surface area contributed by atoms with Gasteiger partial charge in [-0.25, -0.2) is 18.1 Å². The average molecular weight is 334 g/mol. The molecule has 0 radical (unpaired) electrons. The number of H-pyrrole nitrogens is 1. The van der Waals surface area contributed by atoms with E-state index in [1.165, 1.54) is 12.1 Å². The van der Waals surface area contributed by atoms with Crippen molar-refractivity contribution in [2.75, 3.05) is 0 Å². The van der Waals surface area contributed by atoms with E-state index in [2.05, 4.69) is 14.7 Å². The number of hydrogen-bond acceptors (Lipinski definition) is 3. The largest absolute Gasteiger partial charge is 0.347 e. The Morgan fingerprint density at radius 2 is 2.00 bits per heavy atom. The maximum Gasteiger partial charge on any atom is 0.244 e. The minimum Gasteiger partial charge on any atom is -0.347 e. The van der Waals surface area contributed by atoms with E-state index >= 15 is 0 Å². The van der Waals surface area contributed by atoms with Gasteiger partial charge in [-0.2, -0.15) is 0 Å². The third-order valence-electron chi connectivity index (χ3n) is 2.74. The van der Waals surface area contributed by atoms with Gasteiger partial charge >= 0.3 is 0 Å². The molecule has 2 aromatic rings. The molecule has 108 valence electrons. The van der Waals surface area contributed by atoms with Crippen LogP contribution in [0.25, 0.3) is 0 Å². The third kappa shape index (κ3) is 3.15. The van der Waals surface area contributed by atoms with E-state index in [0.717, 1.165) is 0 Å². The van der Waals surface area contributed by atoms with Crippen molar-refractivity contribution in [2.24, 2.45) is 0 Å². The minimum atomic E-state index is -3.83. The van der Waals surface area contributed by atoms with Crippen molar-refractivity contribution in [3.63, 3.8) is 0 Å².